The number of nitrogens with one attached hydrogen (secondary N) is 1. The molecule has 3 N–H and O–H groups in total. The lowest BCUT2D eigenvalue weighted by Gasteiger charge is -2.33. The van der Waals surface area contributed by atoms with Crippen molar-refractivity contribution in [3.8, 4) is 0 Å². The summed E-state index contributed by atoms with van der Waals surface area (Å²) in [6.45, 7) is 7.20. The fourth-order valence-electron chi connectivity index (χ4n) is 2.80. The molecule has 5 heteroatoms. The lowest BCUT2D eigenvalue weighted by atomic mass is 9.91. The molecule has 2 rings (SSSR count). The van der Waals surface area contributed by atoms with Crippen LogP contribution in [0.15, 0.2) is 24.3 Å². The second-order valence-electron chi connectivity index (χ2n) is 6.24. The average molecular weight is 326 g/mol. The lowest BCUT2D eigenvalue weighted by molar-refractivity contribution is -0.122. The zero-order valence-corrected chi connectivity index (χ0v) is 14.4. The minimum atomic E-state index is 0. The Bertz CT molecular complexity index is 453. The number of aryl methyl sites for hydroxylation is 1. The summed E-state index contributed by atoms with van der Waals surface area (Å²) in [6, 6.07) is 8.52. The third-order valence-electron chi connectivity index (χ3n) is 4.35. The minimum Gasteiger partial charge on any atom is -0.351 e. The number of nitrogens with zero attached hydrogens (tertiary/aromatic N) is 1. The molecule has 1 aliphatic heterocycles. The van der Waals surface area contributed by atoms with Crippen LogP contribution < -0.4 is 11.1 Å². The molecule has 1 heterocycles. The quantitative estimate of drug-likeness (QED) is 0.871. The fraction of sp³-hybridized carbons (Fsp3) is 0.588. The summed E-state index contributed by atoms with van der Waals surface area (Å²) in [7, 11) is 0. The molecule has 0 radical (unpaired) electrons. The Morgan fingerprint density at radius 1 is 1.32 bits per heavy atom. The predicted octanol–water partition coefficient (Wildman–Crippen LogP) is 2.09. The number of rotatable bonds is 5. The summed E-state index contributed by atoms with van der Waals surface area (Å²) in [6.07, 6.45) is 2.20. The van der Waals surface area contributed by atoms with E-state index < -0.39 is 0 Å². The van der Waals surface area contributed by atoms with Crippen molar-refractivity contribution < 1.29 is 4.79 Å². The van der Waals surface area contributed by atoms with Crippen LogP contribution in [0, 0.1) is 12.8 Å². The van der Waals surface area contributed by atoms with E-state index in [4.69, 9.17) is 5.73 Å². The van der Waals surface area contributed by atoms with E-state index in [1.165, 1.54) is 5.56 Å². The zero-order valence-electron chi connectivity index (χ0n) is 13.5. The number of hydrogen-bond acceptors (Lipinski definition) is 3. The second kappa shape index (κ2) is 9.13. The average Bonchev–Trinajstić information content (AvgIpc) is 2.47. The topological polar surface area (TPSA) is 58.4 Å². The molecule has 1 aromatic carbocycles. The standard InChI is InChI=1S/C17H27N3O.ClH/c1-13-3-5-15(6-4-13)11-19-17(21)12-20-9-7-16(8-10-20)14(2)18;/h3-6,14,16H,7-12,18H2,1-2H3,(H,19,21);1H. The molecule has 1 atom stereocenters. The van der Waals surface area contributed by atoms with Crippen LogP contribution in [-0.2, 0) is 11.3 Å². The van der Waals surface area contributed by atoms with Crippen LogP contribution in [0.25, 0.3) is 0 Å². The molecular weight excluding hydrogens is 298 g/mol. The third-order valence-corrected chi connectivity index (χ3v) is 4.35. The van der Waals surface area contributed by atoms with E-state index in [0.29, 0.717) is 19.0 Å². The summed E-state index contributed by atoms with van der Waals surface area (Å²) >= 11 is 0. The molecule has 0 bridgehead atoms. The van der Waals surface area contributed by atoms with E-state index in [1.54, 1.807) is 0 Å². The van der Waals surface area contributed by atoms with Gasteiger partial charge in [-0.25, -0.2) is 0 Å². The Morgan fingerprint density at radius 3 is 2.45 bits per heavy atom. The van der Waals surface area contributed by atoms with Crippen molar-refractivity contribution in [1.82, 2.24) is 10.2 Å². The van der Waals surface area contributed by atoms with Crippen molar-refractivity contribution >= 4 is 18.3 Å². The molecule has 0 spiro atoms. The van der Waals surface area contributed by atoms with E-state index in [9.17, 15) is 4.79 Å². The van der Waals surface area contributed by atoms with E-state index in [1.807, 2.05) is 0 Å². The molecule has 1 fully saturated rings. The van der Waals surface area contributed by atoms with Gasteiger partial charge in [-0.15, -0.1) is 12.4 Å². The highest BCUT2D eigenvalue weighted by molar-refractivity contribution is 5.85. The summed E-state index contributed by atoms with van der Waals surface area (Å²) in [4.78, 5) is 14.2. The maximum absolute atomic E-state index is 12.0. The molecule has 0 aromatic heterocycles. The summed E-state index contributed by atoms with van der Waals surface area (Å²) in [5.41, 5.74) is 8.32. The van der Waals surface area contributed by atoms with Gasteiger partial charge < -0.3 is 11.1 Å². The maximum Gasteiger partial charge on any atom is 0.234 e. The third kappa shape index (κ3) is 5.95. The maximum atomic E-state index is 12.0. The van der Waals surface area contributed by atoms with E-state index >= 15 is 0 Å². The van der Waals surface area contributed by atoms with Crippen LogP contribution in [-0.4, -0.2) is 36.5 Å². The number of benzene rings is 1. The van der Waals surface area contributed by atoms with Gasteiger partial charge in [0.15, 0.2) is 0 Å². The van der Waals surface area contributed by atoms with Crippen molar-refractivity contribution in [3.05, 3.63) is 35.4 Å². The molecule has 22 heavy (non-hydrogen) atoms. The molecular formula is C17H28ClN3O. The van der Waals surface area contributed by atoms with Gasteiger partial charge in [0.25, 0.3) is 0 Å². The second-order valence-corrected chi connectivity index (χ2v) is 6.24. The fourth-order valence-corrected chi connectivity index (χ4v) is 2.80. The molecule has 124 valence electrons. The first-order valence-corrected chi connectivity index (χ1v) is 7.85. The van der Waals surface area contributed by atoms with Gasteiger partial charge in [-0.3, -0.25) is 9.69 Å². The normalized spacial score (nSPS) is 17.6. The largest absolute Gasteiger partial charge is 0.351 e. The monoisotopic (exact) mass is 325 g/mol. The van der Waals surface area contributed by atoms with Gasteiger partial charge in [0.05, 0.1) is 6.54 Å². The van der Waals surface area contributed by atoms with E-state index in [0.717, 1.165) is 31.5 Å². The van der Waals surface area contributed by atoms with E-state index in [-0.39, 0.29) is 24.4 Å². The lowest BCUT2D eigenvalue weighted by Crippen LogP contribution is -2.44. The van der Waals surface area contributed by atoms with Crippen LogP contribution in [0.2, 0.25) is 0 Å². The minimum absolute atomic E-state index is 0. The summed E-state index contributed by atoms with van der Waals surface area (Å²) in [5.74, 6) is 0.715. The Labute approximate surface area is 139 Å². The van der Waals surface area contributed by atoms with Crippen molar-refractivity contribution in [2.75, 3.05) is 19.6 Å². The van der Waals surface area contributed by atoms with Gasteiger partial charge in [0, 0.05) is 12.6 Å². The van der Waals surface area contributed by atoms with Gasteiger partial charge in [-0.2, -0.15) is 0 Å². The number of nitrogens with two attached hydrogens (primary N) is 1. The van der Waals surface area contributed by atoms with Crippen molar-refractivity contribution in [3.63, 3.8) is 0 Å². The number of carbonyl (C=O) groups is 1. The molecule has 0 saturated carbocycles. The van der Waals surface area contributed by atoms with Gasteiger partial charge >= 0.3 is 0 Å². The van der Waals surface area contributed by atoms with Crippen LogP contribution in [0.5, 0.6) is 0 Å². The Kier molecular flexibility index (Phi) is 7.87. The van der Waals surface area contributed by atoms with Gasteiger partial charge in [0.2, 0.25) is 5.91 Å². The Morgan fingerprint density at radius 2 is 1.91 bits per heavy atom. The molecule has 1 unspecified atom stereocenters. The first-order valence-electron chi connectivity index (χ1n) is 7.85. The molecule has 1 amide bonds. The highest BCUT2D eigenvalue weighted by Gasteiger charge is 2.22. The van der Waals surface area contributed by atoms with Gasteiger partial charge in [-0.1, -0.05) is 29.8 Å². The SMILES string of the molecule is Cc1ccc(CNC(=O)CN2CCC(C(C)N)CC2)cc1.Cl. The van der Waals surface area contributed by atoms with Crippen LogP contribution in [0.4, 0.5) is 0 Å². The molecule has 1 aromatic rings. The Balaban J connectivity index is 0.00000242. The van der Waals surface area contributed by atoms with Crippen LogP contribution in [0.3, 0.4) is 0 Å². The molecule has 0 aliphatic carbocycles. The number of piperidine rings is 1. The predicted molar refractivity (Wildman–Crippen MR) is 93.1 cm³/mol. The number of likely N-dealkylation sites (tertiary alicyclic amines) is 1. The smallest absolute Gasteiger partial charge is 0.234 e. The highest BCUT2D eigenvalue weighted by atomic mass is 35.5. The Hall–Kier alpha value is -1.10. The van der Waals surface area contributed by atoms with Crippen molar-refractivity contribution in [2.45, 2.75) is 39.3 Å². The molecule has 1 aliphatic rings. The van der Waals surface area contributed by atoms with Gasteiger partial charge in [-0.05, 0) is 51.3 Å². The number of hydrogen-bond donors (Lipinski definition) is 2. The number of carbonyl (C=O) groups excluding carboxylic acids is 1. The highest BCUT2D eigenvalue weighted by Crippen LogP contribution is 2.19. The number of halogens is 1. The molecule has 4 nitrogen and oxygen atoms in total. The van der Waals surface area contributed by atoms with Crippen LogP contribution in [0.1, 0.15) is 30.9 Å². The van der Waals surface area contributed by atoms with Crippen molar-refractivity contribution in [1.29, 1.82) is 0 Å². The summed E-state index contributed by atoms with van der Waals surface area (Å²) < 4.78 is 0. The first-order chi connectivity index (χ1) is 10.0. The summed E-state index contributed by atoms with van der Waals surface area (Å²) in [5, 5.41) is 2.99. The first kappa shape index (κ1) is 18.9. The van der Waals surface area contributed by atoms with Crippen molar-refractivity contribution in [2.24, 2.45) is 11.7 Å². The molecule has 1 saturated heterocycles. The number of amides is 1. The van der Waals surface area contributed by atoms with E-state index in [2.05, 4.69) is 48.3 Å². The van der Waals surface area contributed by atoms with Crippen LogP contribution >= 0.6 is 12.4 Å². The van der Waals surface area contributed by atoms with Gasteiger partial charge in [0.1, 0.15) is 0 Å². The zero-order chi connectivity index (χ0) is 15.2.